The van der Waals surface area contributed by atoms with E-state index in [9.17, 15) is 4.79 Å². The molecule has 4 heterocycles. The van der Waals surface area contributed by atoms with E-state index in [1.807, 2.05) is 59.1 Å². The highest BCUT2D eigenvalue weighted by Crippen LogP contribution is 2.28. The number of pyridine rings is 1. The second-order valence-corrected chi connectivity index (χ2v) is 7.92. The molecule has 1 fully saturated rings. The number of piperidine rings is 1. The molecule has 0 saturated carbocycles. The smallest absolute Gasteiger partial charge is 0.257 e. The van der Waals surface area contributed by atoms with Gasteiger partial charge in [-0.25, -0.2) is 9.50 Å². The summed E-state index contributed by atoms with van der Waals surface area (Å²) < 4.78 is 8.81. The normalized spacial score (nSPS) is 16.6. The number of nitrogens with zero attached hydrogens (tertiary/aromatic N) is 6. The topological polar surface area (TPSA) is 77.5 Å². The lowest BCUT2D eigenvalue weighted by Crippen LogP contribution is -2.39. The summed E-state index contributed by atoms with van der Waals surface area (Å²) in [5.74, 6) is 1.74. The average molecular weight is 416 g/mol. The van der Waals surface area contributed by atoms with E-state index in [0.29, 0.717) is 12.1 Å². The number of methoxy groups -OCH3 is 1. The molecule has 1 aromatic carbocycles. The number of fused-ring (bicyclic) bond motifs is 1. The van der Waals surface area contributed by atoms with Gasteiger partial charge in [0.05, 0.1) is 18.9 Å². The van der Waals surface area contributed by atoms with Crippen molar-refractivity contribution in [2.24, 2.45) is 7.05 Å². The van der Waals surface area contributed by atoms with Crippen LogP contribution >= 0.6 is 0 Å². The van der Waals surface area contributed by atoms with Crippen LogP contribution in [0.1, 0.15) is 34.9 Å². The first-order chi connectivity index (χ1) is 15.1. The van der Waals surface area contributed by atoms with Gasteiger partial charge < -0.3 is 9.64 Å². The summed E-state index contributed by atoms with van der Waals surface area (Å²) >= 11 is 0. The van der Waals surface area contributed by atoms with Gasteiger partial charge in [0.25, 0.3) is 5.91 Å². The Morgan fingerprint density at radius 1 is 1.16 bits per heavy atom. The highest BCUT2D eigenvalue weighted by atomic mass is 16.5. The van der Waals surface area contributed by atoms with Crippen molar-refractivity contribution in [1.29, 1.82) is 0 Å². The quantitative estimate of drug-likeness (QED) is 0.511. The molecule has 0 spiro atoms. The van der Waals surface area contributed by atoms with Crippen molar-refractivity contribution in [2.45, 2.75) is 18.8 Å². The molecule has 1 amide bonds. The number of likely N-dealkylation sites (tertiary alicyclic amines) is 1. The molecule has 0 N–H and O–H groups in total. The average Bonchev–Trinajstić information content (AvgIpc) is 3.44. The van der Waals surface area contributed by atoms with Gasteiger partial charge in [-0.15, -0.1) is 0 Å². The van der Waals surface area contributed by atoms with Crippen molar-refractivity contribution >= 4 is 11.6 Å². The lowest BCUT2D eigenvalue weighted by molar-refractivity contribution is 0.0704. The van der Waals surface area contributed by atoms with Crippen LogP contribution in [0.3, 0.4) is 0 Å². The summed E-state index contributed by atoms with van der Waals surface area (Å²) in [4.78, 5) is 19.5. The van der Waals surface area contributed by atoms with Crippen LogP contribution in [0.4, 0.5) is 0 Å². The fourth-order valence-corrected chi connectivity index (χ4v) is 4.13. The van der Waals surface area contributed by atoms with Crippen LogP contribution in [0.5, 0.6) is 5.75 Å². The fourth-order valence-electron chi connectivity index (χ4n) is 4.13. The number of carbonyl (C=O) groups excluding carboxylic acids is 1. The lowest BCUT2D eigenvalue weighted by Gasteiger charge is -2.31. The Balaban J connectivity index is 1.39. The van der Waals surface area contributed by atoms with Crippen LogP contribution in [-0.4, -0.2) is 55.4 Å². The molecule has 5 rings (SSSR count). The standard InChI is InChI=1S/C23H24N6O2/c1-27-13-19(12-24-27)23(30)28-10-4-6-18(14-28)22-25-21-9-8-17(15-29(21)26-22)16-5-3-7-20(11-16)31-2/h3,5,7-9,11-13,15,18H,4,6,10,14H2,1-2H3/t18-/m0/s1. The highest BCUT2D eigenvalue weighted by Gasteiger charge is 2.28. The van der Waals surface area contributed by atoms with Crippen LogP contribution in [0.15, 0.2) is 55.0 Å². The molecule has 0 bridgehead atoms. The van der Waals surface area contributed by atoms with Gasteiger partial charge in [-0.05, 0) is 42.7 Å². The number of aromatic nitrogens is 5. The monoisotopic (exact) mass is 416 g/mol. The Kier molecular flexibility index (Phi) is 4.89. The van der Waals surface area contributed by atoms with Gasteiger partial charge in [-0.1, -0.05) is 12.1 Å². The minimum Gasteiger partial charge on any atom is -0.497 e. The Labute approximate surface area is 180 Å². The number of amides is 1. The minimum atomic E-state index is 0.0156. The van der Waals surface area contributed by atoms with Crippen LogP contribution in [0.2, 0.25) is 0 Å². The molecule has 158 valence electrons. The molecule has 1 aliphatic rings. The Hall–Kier alpha value is -3.68. The third kappa shape index (κ3) is 3.76. The van der Waals surface area contributed by atoms with Crippen molar-refractivity contribution in [3.63, 3.8) is 0 Å². The molecule has 1 saturated heterocycles. The van der Waals surface area contributed by atoms with Crippen molar-refractivity contribution in [2.75, 3.05) is 20.2 Å². The molecule has 0 unspecified atom stereocenters. The van der Waals surface area contributed by atoms with Crippen LogP contribution in [0, 0.1) is 0 Å². The zero-order chi connectivity index (χ0) is 21.4. The van der Waals surface area contributed by atoms with E-state index in [1.165, 1.54) is 0 Å². The van der Waals surface area contributed by atoms with Crippen molar-refractivity contribution in [3.8, 4) is 16.9 Å². The number of hydrogen-bond donors (Lipinski definition) is 0. The maximum absolute atomic E-state index is 12.8. The molecule has 1 aliphatic heterocycles. The van der Waals surface area contributed by atoms with E-state index in [0.717, 1.165) is 47.7 Å². The number of aryl methyl sites for hydroxylation is 1. The summed E-state index contributed by atoms with van der Waals surface area (Å²) in [7, 11) is 3.48. The number of rotatable bonds is 4. The van der Waals surface area contributed by atoms with Gasteiger partial charge in [0.1, 0.15) is 5.75 Å². The van der Waals surface area contributed by atoms with Crippen LogP contribution in [-0.2, 0) is 7.05 Å². The third-order valence-electron chi connectivity index (χ3n) is 5.78. The molecule has 0 radical (unpaired) electrons. The number of hydrogen-bond acceptors (Lipinski definition) is 5. The first-order valence-corrected chi connectivity index (χ1v) is 10.4. The maximum atomic E-state index is 12.8. The summed E-state index contributed by atoms with van der Waals surface area (Å²) in [5.41, 5.74) is 3.52. The molecule has 4 aromatic rings. The molecule has 8 nitrogen and oxygen atoms in total. The zero-order valence-corrected chi connectivity index (χ0v) is 17.6. The first kappa shape index (κ1) is 19.3. The van der Waals surface area contributed by atoms with E-state index in [2.05, 4.69) is 5.10 Å². The van der Waals surface area contributed by atoms with Gasteiger partial charge >= 0.3 is 0 Å². The predicted octanol–water partition coefficient (Wildman–Crippen LogP) is 3.16. The van der Waals surface area contributed by atoms with Gasteiger partial charge in [-0.3, -0.25) is 9.48 Å². The van der Waals surface area contributed by atoms with Crippen LogP contribution < -0.4 is 4.74 Å². The zero-order valence-electron chi connectivity index (χ0n) is 17.6. The van der Waals surface area contributed by atoms with Crippen molar-refractivity contribution < 1.29 is 9.53 Å². The van der Waals surface area contributed by atoms with E-state index >= 15 is 0 Å². The largest absolute Gasteiger partial charge is 0.497 e. The van der Waals surface area contributed by atoms with Crippen LogP contribution in [0.25, 0.3) is 16.8 Å². The summed E-state index contributed by atoms with van der Waals surface area (Å²) in [5, 5.41) is 8.87. The first-order valence-electron chi connectivity index (χ1n) is 10.4. The second kappa shape index (κ2) is 7.86. The molecule has 31 heavy (non-hydrogen) atoms. The Morgan fingerprint density at radius 2 is 2.06 bits per heavy atom. The number of benzene rings is 1. The fraction of sp³-hybridized carbons (Fsp3) is 0.304. The molecule has 1 atom stereocenters. The second-order valence-electron chi connectivity index (χ2n) is 7.92. The number of ether oxygens (including phenoxy) is 1. The van der Waals surface area contributed by atoms with E-state index in [-0.39, 0.29) is 11.8 Å². The lowest BCUT2D eigenvalue weighted by atomic mass is 9.97. The Bertz CT molecular complexity index is 1240. The third-order valence-corrected chi connectivity index (χ3v) is 5.78. The number of carbonyl (C=O) groups is 1. The molecular formula is C23H24N6O2. The van der Waals surface area contributed by atoms with Gasteiger partial charge in [0, 0.05) is 44.0 Å². The minimum absolute atomic E-state index is 0.0156. The summed E-state index contributed by atoms with van der Waals surface area (Å²) in [6, 6.07) is 12.0. The molecule has 8 heteroatoms. The molecule has 3 aromatic heterocycles. The summed E-state index contributed by atoms with van der Waals surface area (Å²) in [6.45, 7) is 1.37. The summed E-state index contributed by atoms with van der Waals surface area (Å²) in [6.07, 6.45) is 7.27. The van der Waals surface area contributed by atoms with Crippen molar-refractivity contribution in [1.82, 2.24) is 29.3 Å². The van der Waals surface area contributed by atoms with Gasteiger partial charge in [-0.2, -0.15) is 10.2 Å². The SMILES string of the molecule is COc1cccc(-c2ccc3nc([C@H]4CCCN(C(=O)c5cnn(C)c5)C4)nn3c2)c1. The van der Waals surface area contributed by atoms with E-state index in [1.54, 1.807) is 24.2 Å². The van der Waals surface area contributed by atoms with Gasteiger partial charge in [0.2, 0.25) is 0 Å². The van der Waals surface area contributed by atoms with Gasteiger partial charge in [0.15, 0.2) is 11.5 Å². The van der Waals surface area contributed by atoms with E-state index in [4.69, 9.17) is 14.8 Å². The maximum Gasteiger partial charge on any atom is 0.257 e. The molecule has 0 aliphatic carbocycles. The van der Waals surface area contributed by atoms with Crippen molar-refractivity contribution in [3.05, 3.63) is 66.4 Å². The highest BCUT2D eigenvalue weighted by molar-refractivity contribution is 5.93. The van der Waals surface area contributed by atoms with E-state index < -0.39 is 0 Å². The Morgan fingerprint density at radius 3 is 2.87 bits per heavy atom. The predicted molar refractivity (Wildman–Crippen MR) is 116 cm³/mol. The molecular weight excluding hydrogens is 392 g/mol.